The van der Waals surface area contributed by atoms with Gasteiger partial charge in [-0.1, -0.05) is 39.8 Å². The predicted octanol–water partition coefficient (Wildman–Crippen LogP) is -3.72. The molecule has 2 rings (SSSR count). The third kappa shape index (κ3) is 18.5. The van der Waals surface area contributed by atoms with E-state index in [2.05, 4.69) is 36.9 Å². The first kappa shape index (κ1) is 55.6. The number of hydrogen-bond donors (Lipinski definition) is 13. The number of nitrogens with two attached hydrogens (primary N) is 4. The topological polar surface area (TPSA) is 406 Å². The number of benzene rings is 1. The maximum Gasteiger partial charge on any atom is 0.303 e. The maximum absolute atomic E-state index is 13.9. The van der Waals surface area contributed by atoms with E-state index in [1.165, 1.54) is 43.0 Å². The van der Waals surface area contributed by atoms with Gasteiger partial charge in [0.2, 0.25) is 47.3 Å². The van der Waals surface area contributed by atoms with Gasteiger partial charge in [-0.2, -0.15) is 0 Å². The first-order chi connectivity index (χ1) is 30.8. The highest BCUT2D eigenvalue weighted by Gasteiger charge is 2.38. The molecular formula is C42H68N12O12. The van der Waals surface area contributed by atoms with E-state index < -0.39 is 126 Å². The number of aliphatic carboxylic acids is 1. The number of carbonyl (C=O) groups excluding carboxylic acids is 8. The molecule has 1 aromatic rings. The molecule has 0 saturated carbocycles. The van der Waals surface area contributed by atoms with Gasteiger partial charge < -0.3 is 75.1 Å². The van der Waals surface area contributed by atoms with Gasteiger partial charge in [-0.15, -0.1) is 0 Å². The smallest absolute Gasteiger partial charge is 0.303 e. The number of carbonyl (C=O) groups is 9. The van der Waals surface area contributed by atoms with Gasteiger partial charge in [0.25, 0.3) is 0 Å². The molecule has 0 aromatic heterocycles. The molecule has 0 spiro atoms. The Hall–Kier alpha value is -6.56. The molecule has 0 aliphatic carbocycles. The molecule has 0 radical (unpaired) electrons. The molecule has 1 saturated heterocycles. The quantitative estimate of drug-likeness (QED) is 0.0229. The summed E-state index contributed by atoms with van der Waals surface area (Å²) < 4.78 is 0. The molecule has 1 aliphatic rings. The number of aromatic hydroxyl groups is 1. The first-order valence-electron chi connectivity index (χ1n) is 21.7. The van der Waals surface area contributed by atoms with Crippen molar-refractivity contribution in [2.45, 2.75) is 141 Å². The van der Waals surface area contributed by atoms with E-state index in [9.17, 15) is 58.5 Å². The van der Waals surface area contributed by atoms with Gasteiger partial charge in [0, 0.05) is 32.4 Å². The van der Waals surface area contributed by atoms with Crippen LogP contribution in [0.5, 0.6) is 5.75 Å². The van der Waals surface area contributed by atoms with Crippen molar-refractivity contribution < 1.29 is 58.5 Å². The number of aliphatic hydroxyl groups excluding tert-OH is 1. The lowest BCUT2D eigenvalue weighted by molar-refractivity contribution is -0.139. The molecule has 24 heteroatoms. The van der Waals surface area contributed by atoms with Crippen LogP contribution < -0.4 is 54.8 Å². The third-order valence-corrected chi connectivity index (χ3v) is 10.6. The van der Waals surface area contributed by atoms with E-state index >= 15 is 0 Å². The summed E-state index contributed by atoms with van der Waals surface area (Å²) in [6, 6.07) is -4.22. The van der Waals surface area contributed by atoms with Crippen molar-refractivity contribution in [2.75, 3.05) is 13.1 Å². The second-order valence-electron chi connectivity index (χ2n) is 17.2. The normalized spacial score (nSPS) is 17.2. The zero-order valence-electron chi connectivity index (χ0n) is 38.2. The Bertz CT molecular complexity index is 1910. The number of aliphatic imine (C=N–C) groups is 1. The fourth-order valence-electron chi connectivity index (χ4n) is 6.87. The van der Waals surface area contributed by atoms with Gasteiger partial charge in [0.1, 0.15) is 42.0 Å². The van der Waals surface area contributed by atoms with Crippen molar-refractivity contribution in [1.82, 2.24) is 36.8 Å². The molecule has 1 heterocycles. The van der Waals surface area contributed by atoms with Gasteiger partial charge in [-0.3, -0.25) is 48.1 Å². The van der Waals surface area contributed by atoms with Crippen LogP contribution in [0.2, 0.25) is 0 Å². The summed E-state index contributed by atoms with van der Waals surface area (Å²) in [6.45, 7) is 9.52. The molecular weight excluding hydrogens is 865 g/mol. The Morgan fingerprint density at radius 3 is 1.86 bits per heavy atom. The highest BCUT2D eigenvalue weighted by atomic mass is 16.4. The third-order valence-electron chi connectivity index (χ3n) is 10.6. The summed E-state index contributed by atoms with van der Waals surface area (Å²) in [7, 11) is 0. The van der Waals surface area contributed by atoms with Crippen molar-refractivity contribution in [3.8, 4) is 5.75 Å². The van der Waals surface area contributed by atoms with Crippen LogP contribution in [0.3, 0.4) is 0 Å². The summed E-state index contributed by atoms with van der Waals surface area (Å²) in [5.74, 6) is -8.68. The van der Waals surface area contributed by atoms with Crippen molar-refractivity contribution in [2.24, 2.45) is 39.8 Å². The number of phenols is 1. The van der Waals surface area contributed by atoms with Crippen LogP contribution in [-0.4, -0.2) is 147 Å². The largest absolute Gasteiger partial charge is 0.508 e. The number of phenolic OH excluding ortho intramolecular Hbond substituents is 1. The molecule has 66 heavy (non-hydrogen) atoms. The van der Waals surface area contributed by atoms with E-state index in [-0.39, 0.29) is 56.4 Å². The lowest BCUT2D eigenvalue weighted by atomic mass is 9.99. The van der Waals surface area contributed by atoms with Gasteiger partial charge >= 0.3 is 5.97 Å². The number of nitrogens with one attached hydrogen (secondary N) is 6. The molecule has 1 fully saturated rings. The minimum Gasteiger partial charge on any atom is -0.508 e. The Labute approximate surface area is 383 Å². The molecule has 1 aliphatic heterocycles. The molecule has 368 valence electrons. The Morgan fingerprint density at radius 2 is 1.32 bits per heavy atom. The number of likely N-dealkylation sites (tertiary alicyclic amines) is 1. The number of carboxylic acids is 1. The van der Waals surface area contributed by atoms with Crippen LogP contribution in [-0.2, 0) is 49.6 Å². The summed E-state index contributed by atoms with van der Waals surface area (Å²) in [4.78, 5) is 123. The second kappa shape index (κ2) is 26.4. The highest BCUT2D eigenvalue weighted by Crippen LogP contribution is 2.17. The Balaban J connectivity index is 2.29. The maximum atomic E-state index is 13.9. The lowest BCUT2D eigenvalue weighted by Gasteiger charge is -2.30. The average molecular weight is 933 g/mol. The number of aliphatic hydroxyl groups is 1. The number of rotatable bonds is 27. The molecule has 0 unspecified atom stereocenters. The summed E-state index contributed by atoms with van der Waals surface area (Å²) in [6.07, 6.45) is -2.27. The van der Waals surface area contributed by atoms with E-state index in [4.69, 9.17) is 22.9 Å². The minimum atomic E-state index is -1.71. The summed E-state index contributed by atoms with van der Waals surface area (Å²) in [5.41, 5.74) is 22.6. The SMILES string of the molecule is CC(C)C[C@@H](NC(=O)[C@@H](CCC(=O)O)NC(=O)[C@H](NC(=O)[C@H](NC(=O)[C@@H](Cc1ccc(O)cc1)NC(=O)[C@H](N)CCCN=C(N)N)[C@@H](C)O)C(C)C)C(=O)N[C@H]1CC(=O)N([C@H](C)C(N)=O)C1. The fraction of sp³-hybridized carbons (Fsp3) is 0.619. The first-order valence-corrected chi connectivity index (χ1v) is 21.7. The van der Waals surface area contributed by atoms with E-state index in [0.29, 0.717) is 12.0 Å². The number of nitrogens with zero attached hydrogens (tertiary/aromatic N) is 2. The van der Waals surface area contributed by atoms with Crippen LogP contribution in [0.1, 0.15) is 85.6 Å². The molecule has 9 atom stereocenters. The number of guanidine groups is 1. The van der Waals surface area contributed by atoms with Crippen LogP contribution in [0.15, 0.2) is 29.3 Å². The predicted molar refractivity (Wildman–Crippen MR) is 239 cm³/mol. The summed E-state index contributed by atoms with van der Waals surface area (Å²) in [5, 5.41) is 45.2. The minimum absolute atomic E-state index is 0.00840. The monoisotopic (exact) mass is 933 g/mol. The molecule has 8 amide bonds. The Kier molecular flexibility index (Phi) is 22.2. The number of carboxylic acid groups (broad SMARTS) is 1. The van der Waals surface area contributed by atoms with E-state index in [0.717, 1.165) is 0 Å². The average Bonchev–Trinajstić information content (AvgIpc) is 3.59. The van der Waals surface area contributed by atoms with Crippen molar-refractivity contribution in [3.05, 3.63) is 29.8 Å². The van der Waals surface area contributed by atoms with Crippen molar-refractivity contribution in [3.63, 3.8) is 0 Å². The van der Waals surface area contributed by atoms with Gasteiger partial charge in [0.15, 0.2) is 5.96 Å². The zero-order chi connectivity index (χ0) is 50.0. The molecule has 1 aromatic carbocycles. The molecule has 24 nitrogen and oxygen atoms in total. The number of hydrogen-bond acceptors (Lipinski definition) is 13. The van der Waals surface area contributed by atoms with E-state index in [1.807, 2.05) is 0 Å². The van der Waals surface area contributed by atoms with Crippen LogP contribution in [0.25, 0.3) is 0 Å². The summed E-state index contributed by atoms with van der Waals surface area (Å²) >= 11 is 0. The fourth-order valence-corrected chi connectivity index (χ4v) is 6.87. The van der Waals surface area contributed by atoms with Crippen molar-refractivity contribution >= 4 is 59.2 Å². The molecule has 0 bridgehead atoms. The standard InChI is InChI=1S/C42H68N12O12/c1-20(2)16-29(38(63)48-25-18-31(57)54(19-25)22(5)35(44)60)51-37(62)28(13-14-32(58)59)49-40(65)33(21(3)4)52-41(66)34(23(6)55)53-39(64)30(17-24-9-11-26(56)12-10-24)50-36(61)27(43)8-7-15-47-42(45)46/h9-12,20-23,25,27-30,33-34,55-56H,7-8,13-19,43H2,1-6H3,(H2,44,60)(H,48,63)(H,49,65)(H,50,61)(H,51,62)(H,52,66)(H,53,64)(H,58,59)(H4,45,46,47)/t22-,23-,25+,27-,28-,29-,30-,33-,34-/m1/s1. The van der Waals surface area contributed by atoms with Gasteiger partial charge in [-0.05, 0) is 69.1 Å². The number of primary amides is 1. The van der Waals surface area contributed by atoms with Gasteiger partial charge in [-0.25, -0.2) is 0 Å². The van der Waals surface area contributed by atoms with Crippen LogP contribution >= 0.6 is 0 Å². The highest BCUT2D eigenvalue weighted by molar-refractivity contribution is 5.97. The van der Waals surface area contributed by atoms with Crippen molar-refractivity contribution in [1.29, 1.82) is 0 Å². The second-order valence-corrected chi connectivity index (χ2v) is 17.2. The number of amides is 8. The van der Waals surface area contributed by atoms with Crippen LogP contribution in [0, 0.1) is 11.8 Å². The van der Waals surface area contributed by atoms with E-state index in [1.54, 1.807) is 27.7 Å². The van der Waals surface area contributed by atoms with Crippen LogP contribution in [0.4, 0.5) is 0 Å². The Morgan fingerprint density at radius 1 is 0.758 bits per heavy atom. The lowest BCUT2D eigenvalue weighted by Crippen LogP contribution is -2.62. The van der Waals surface area contributed by atoms with Gasteiger partial charge in [0.05, 0.1) is 18.2 Å². The zero-order valence-corrected chi connectivity index (χ0v) is 38.2. The molecule has 17 N–H and O–H groups in total.